The number of benzene rings is 1. The van der Waals surface area contributed by atoms with Gasteiger partial charge in [0.05, 0.1) is 0 Å². The summed E-state index contributed by atoms with van der Waals surface area (Å²) in [6, 6.07) is 6.73. The van der Waals surface area contributed by atoms with Gasteiger partial charge in [0.2, 0.25) is 5.91 Å². The predicted molar refractivity (Wildman–Crippen MR) is 81.3 cm³/mol. The number of amides is 3. The van der Waals surface area contributed by atoms with Crippen LogP contribution in [0.3, 0.4) is 0 Å². The maximum Gasteiger partial charge on any atom is 0.319 e. The number of halogens is 1. The van der Waals surface area contributed by atoms with E-state index in [2.05, 4.69) is 10.6 Å². The van der Waals surface area contributed by atoms with Gasteiger partial charge in [0.25, 0.3) is 0 Å². The first-order valence-corrected chi connectivity index (χ1v) is 7.61. The lowest BCUT2D eigenvalue weighted by Gasteiger charge is -2.17. The molecule has 112 valence electrons. The Bertz CT molecular complexity index is 542. The highest BCUT2D eigenvalue weighted by Crippen LogP contribution is 2.32. The Balaban J connectivity index is 1.47. The molecule has 1 saturated heterocycles. The van der Waals surface area contributed by atoms with Crippen molar-refractivity contribution in [3.63, 3.8) is 0 Å². The Morgan fingerprint density at radius 1 is 1.14 bits per heavy atom. The van der Waals surface area contributed by atoms with Crippen LogP contribution in [0.15, 0.2) is 24.3 Å². The van der Waals surface area contributed by atoms with Crippen LogP contribution in [0, 0.1) is 5.92 Å². The topological polar surface area (TPSA) is 61.4 Å². The number of anilines is 1. The Morgan fingerprint density at radius 2 is 1.86 bits per heavy atom. The average Bonchev–Trinajstić information content (AvgIpc) is 3.21. The van der Waals surface area contributed by atoms with Gasteiger partial charge >= 0.3 is 6.03 Å². The molecule has 1 saturated carbocycles. The minimum atomic E-state index is -0.247. The van der Waals surface area contributed by atoms with Crippen LogP contribution < -0.4 is 10.6 Å². The highest BCUT2D eigenvalue weighted by molar-refractivity contribution is 6.30. The number of likely N-dealkylation sites (tertiary alicyclic amines) is 1. The molecule has 1 unspecified atom stereocenters. The molecule has 2 aliphatic rings. The van der Waals surface area contributed by atoms with Crippen LogP contribution in [0.2, 0.25) is 5.02 Å². The normalized spacial score (nSPS) is 21.2. The second-order valence-corrected chi connectivity index (χ2v) is 6.09. The lowest BCUT2D eigenvalue weighted by atomic mass is 10.3. The van der Waals surface area contributed by atoms with Crippen LogP contribution in [-0.2, 0) is 4.79 Å². The van der Waals surface area contributed by atoms with Gasteiger partial charge in [0.1, 0.15) is 0 Å². The Morgan fingerprint density at radius 3 is 2.52 bits per heavy atom. The van der Waals surface area contributed by atoms with Gasteiger partial charge in [0.15, 0.2) is 0 Å². The maximum atomic E-state index is 11.9. The van der Waals surface area contributed by atoms with Crippen molar-refractivity contribution in [1.29, 1.82) is 0 Å². The molecule has 2 N–H and O–H groups in total. The van der Waals surface area contributed by atoms with Gasteiger partial charge in [-0.15, -0.1) is 0 Å². The quantitative estimate of drug-likeness (QED) is 0.901. The van der Waals surface area contributed by atoms with Crippen LogP contribution in [0.1, 0.15) is 19.3 Å². The van der Waals surface area contributed by atoms with Gasteiger partial charge in [0, 0.05) is 35.8 Å². The number of hydrogen-bond donors (Lipinski definition) is 2. The molecule has 0 aromatic heterocycles. The lowest BCUT2D eigenvalue weighted by molar-refractivity contribution is -0.131. The molecule has 1 aromatic rings. The number of hydrogen-bond acceptors (Lipinski definition) is 2. The summed E-state index contributed by atoms with van der Waals surface area (Å²) < 4.78 is 0. The summed E-state index contributed by atoms with van der Waals surface area (Å²) in [6.07, 6.45) is 2.85. The van der Waals surface area contributed by atoms with E-state index in [1.54, 1.807) is 24.3 Å². The van der Waals surface area contributed by atoms with Gasteiger partial charge in [-0.2, -0.15) is 0 Å². The molecule has 1 aliphatic carbocycles. The fourth-order valence-electron chi connectivity index (χ4n) is 2.55. The van der Waals surface area contributed by atoms with E-state index >= 15 is 0 Å². The Kier molecular flexibility index (Phi) is 4.01. The van der Waals surface area contributed by atoms with E-state index in [-0.39, 0.29) is 23.9 Å². The molecule has 6 heteroatoms. The number of nitrogens with zero attached hydrogens (tertiary/aromatic N) is 1. The van der Waals surface area contributed by atoms with Crippen molar-refractivity contribution in [1.82, 2.24) is 10.2 Å². The highest BCUT2D eigenvalue weighted by atomic mass is 35.5. The van der Waals surface area contributed by atoms with Crippen molar-refractivity contribution in [2.75, 3.05) is 18.4 Å². The van der Waals surface area contributed by atoms with E-state index in [1.807, 2.05) is 4.90 Å². The van der Waals surface area contributed by atoms with Crippen molar-refractivity contribution >= 4 is 29.2 Å². The first kappa shape index (κ1) is 14.2. The van der Waals surface area contributed by atoms with Crippen molar-refractivity contribution < 1.29 is 9.59 Å². The third kappa shape index (κ3) is 3.67. The van der Waals surface area contributed by atoms with Gasteiger partial charge in [-0.05, 0) is 43.5 Å². The highest BCUT2D eigenvalue weighted by Gasteiger charge is 2.36. The molecule has 1 aliphatic heterocycles. The molecular weight excluding hydrogens is 290 g/mol. The molecular formula is C15H18ClN3O2. The van der Waals surface area contributed by atoms with Crippen LogP contribution in [0.5, 0.6) is 0 Å². The lowest BCUT2D eigenvalue weighted by Crippen LogP contribution is -2.40. The summed E-state index contributed by atoms with van der Waals surface area (Å²) in [4.78, 5) is 25.7. The van der Waals surface area contributed by atoms with Gasteiger partial charge < -0.3 is 15.5 Å². The van der Waals surface area contributed by atoms with E-state index in [4.69, 9.17) is 11.6 Å². The first-order chi connectivity index (χ1) is 10.1. The zero-order valence-electron chi connectivity index (χ0n) is 11.6. The van der Waals surface area contributed by atoms with E-state index < -0.39 is 0 Å². The van der Waals surface area contributed by atoms with E-state index in [0.717, 1.165) is 25.8 Å². The number of carbonyl (C=O) groups excluding carboxylic acids is 2. The van der Waals surface area contributed by atoms with Crippen molar-refractivity contribution in [3.05, 3.63) is 29.3 Å². The van der Waals surface area contributed by atoms with E-state index in [9.17, 15) is 9.59 Å². The second-order valence-electron chi connectivity index (χ2n) is 5.65. The minimum absolute atomic E-state index is 0.0278. The molecule has 1 atom stereocenters. The van der Waals surface area contributed by atoms with E-state index in [0.29, 0.717) is 17.3 Å². The van der Waals surface area contributed by atoms with Gasteiger partial charge in [-0.25, -0.2) is 4.79 Å². The van der Waals surface area contributed by atoms with Crippen LogP contribution in [0.25, 0.3) is 0 Å². The van der Waals surface area contributed by atoms with Crippen LogP contribution in [-0.4, -0.2) is 36.0 Å². The molecule has 3 rings (SSSR count). The van der Waals surface area contributed by atoms with Crippen LogP contribution >= 0.6 is 11.6 Å². The average molecular weight is 308 g/mol. The molecule has 1 heterocycles. The maximum absolute atomic E-state index is 11.9. The molecule has 5 nitrogen and oxygen atoms in total. The third-order valence-corrected chi connectivity index (χ3v) is 4.12. The summed E-state index contributed by atoms with van der Waals surface area (Å²) in [6.45, 7) is 1.35. The minimum Gasteiger partial charge on any atom is -0.340 e. The Hall–Kier alpha value is -1.75. The van der Waals surface area contributed by atoms with Crippen molar-refractivity contribution in [2.24, 2.45) is 5.92 Å². The standard InChI is InChI=1S/C15H18ClN3O2/c16-11-3-5-12(6-4-11)17-15(21)18-13-7-8-19(9-13)14(20)10-1-2-10/h3-6,10,13H,1-2,7-9H2,(H2,17,18,21). The van der Waals surface area contributed by atoms with Crippen molar-refractivity contribution in [2.45, 2.75) is 25.3 Å². The fraction of sp³-hybridized carbons (Fsp3) is 0.467. The summed E-state index contributed by atoms with van der Waals surface area (Å²) >= 11 is 5.80. The number of rotatable bonds is 3. The number of carbonyl (C=O) groups is 2. The van der Waals surface area contributed by atoms with Gasteiger partial charge in [-0.3, -0.25) is 4.79 Å². The molecule has 0 bridgehead atoms. The molecule has 2 fully saturated rings. The SMILES string of the molecule is O=C(Nc1ccc(Cl)cc1)NC1CCN(C(=O)C2CC2)C1. The first-order valence-electron chi connectivity index (χ1n) is 7.24. The summed E-state index contributed by atoms with van der Waals surface area (Å²) in [5.41, 5.74) is 0.695. The second kappa shape index (κ2) is 5.93. The molecule has 21 heavy (non-hydrogen) atoms. The number of nitrogens with one attached hydrogen (secondary N) is 2. The molecule has 3 amide bonds. The van der Waals surface area contributed by atoms with Gasteiger partial charge in [-0.1, -0.05) is 11.6 Å². The van der Waals surface area contributed by atoms with E-state index in [1.165, 1.54) is 0 Å². The van der Waals surface area contributed by atoms with Crippen LogP contribution in [0.4, 0.5) is 10.5 Å². The largest absolute Gasteiger partial charge is 0.340 e. The summed E-state index contributed by atoms with van der Waals surface area (Å²) in [5, 5.41) is 6.30. The predicted octanol–water partition coefficient (Wildman–Crippen LogP) is 2.47. The molecule has 1 aromatic carbocycles. The van der Waals surface area contributed by atoms with Crippen molar-refractivity contribution in [3.8, 4) is 0 Å². The third-order valence-electron chi connectivity index (χ3n) is 3.86. The fourth-order valence-corrected chi connectivity index (χ4v) is 2.68. The number of urea groups is 1. The smallest absolute Gasteiger partial charge is 0.319 e. The zero-order valence-corrected chi connectivity index (χ0v) is 12.4. The monoisotopic (exact) mass is 307 g/mol. The Labute approximate surface area is 128 Å². The molecule has 0 radical (unpaired) electrons. The summed E-state index contributed by atoms with van der Waals surface area (Å²) in [5.74, 6) is 0.490. The zero-order chi connectivity index (χ0) is 14.8. The molecule has 0 spiro atoms. The summed E-state index contributed by atoms with van der Waals surface area (Å²) in [7, 11) is 0.